The molecule has 1 aromatic carbocycles. The van der Waals surface area contributed by atoms with Crippen LogP contribution in [0.15, 0.2) is 33.7 Å². The zero-order valence-corrected chi connectivity index (χ0v) is 14.9. The zero-order valence-electron chi connectivity index (χ0n) is 12.5. The summed E-state index contributed by atoms with van der Waals surface area (Å²) < 4.78 is 1.02. The molecule has 3 nitrogen and oxygen atoms in total. The van der Waals surface area contributed by atoms with E-state index in [2.05, 4.69) is 27.0 Å². The summed E-state index contributed by atoms with van der Waals surface area (Å²) in [5.74, 6) is -0.0757. The Bertz CT molecular complexity index is 548. The molecule has 112 valence electrons. The SMILES string of the molecule is CCSC(=O)C(C#N)C(C)=NC(CC)c1ccc(Br)cc1. The molecule has 0 radical (unpaired) electrons. The number of thioether (sulfide) groups is 1. The lowest BCUT2D eigenvalue weighted by molar-refractivity contribution is -0.111. The van der Waals surface area contributed by atoms with E-state index in [0.29, 0.717) is 11.5 Å². The molecule has 0 aromatic heterocycles. The predicted octanol–water partition coefficient (Wildman–Crippen LogP) is 4.78. The van der Waals surface area contributed by atoms with E-state index in [9.17, 15) is 10.1 Å². The van der Waals surface area contributed by atoms with Crippen LogP contribution in [0.4, 0.5) is 0 Å². The van der Waals surface area contributed by atoms with E-state index in [4.69, 9.17) is 0 Å². The highest BCUT2D eigenvalue weighted by molar-refractivity contribution is 9.10. The van der Waals surface area contributed by atoms with Crippen molar-refractivity contribution in [2.24, 2.45) is 10.9 Å². The summed E-state index contributed by atoms with van der Waals surface area (Å²) in [6, 6.07) is 10.0. The van der Waals surface area contributed by atoms with Crippen molar-refractivity contribution < 1.29 is 4.79 Å². The van der Waals surface area contributed by atoms with Crippen LogP contribution >= 0.6 is 27.7 Å². The maximum Gasteiger partial charge on any atom is 0.211 e. The third-order valence-electron chi connectivity index (χ3n) is 3.07. The van der Waals surface area contributed by atoms with Crippen LogP contribution in [0.25, 0.3) is 0 Å². The molecule has 0 amide bonds. The Hall–Kier alpha value is -1.12. The summed E-state index contributed by atoms with van der Waals surface area (Å²) in [4.78, 5) is 16.5. The number of hydrogen-bond acceptors (Lipinski definition) is 4. The van der Waals surface area contributed by atoms with Gasteiger partial charge < -0.3 is 0 Å². The molecule has 21 heavy (non-hydrogen) atoms. The molecule has 0 aliphatic carbocycles. The summed E-state index contributed by atoms with van der Waals surface area (Å²) in [7, 11) is 0. The molecule has 1 rings (SSSR count). The van der Waals surface area contributed by atoms with E-state index in [-0.39, 0.29) is 11.2 Å². The number of carbonyl (C=O) groups excluding carboxylic acids is 1. The number of halogens is 1. The Morgan fingerprint density at radius 2 is 2.00 bits per heavy atom. The van der Waals surface area contributed by atoms with Gasteiger partial charge >= 0.3 is 0 Å². The number of nitrogens with zero attached hydrogens (tertiary/aromatic N) is 2. The van der Waals surface area contributed by atoms with Crippen molar-refractivity contribution in [2.45, 2.75) is 33.2 Å². The fourth-order valence-electron chi connectivity index (χ4n) is 1.95. The van der Waals surface area contributed by atoms with Crippen molar-refractivity contribution >= 4 is 38.5 Å². The van der Waals surface area contributed by atoms with Gasteiger partial charge in [0.05, 0.1) is 12.1 Å². The molecule has 5 heteroatoms. The Balaban J connectivity index is 2.98. The van der Waals surface area contributed by atoms with Gasteiger partial charge in [-0.2, -0.15) is 5.26 Å². The summed E-state index contributed by atoms with van der Waals surface area (Å²) in [5, 5.41) is 9.10. The molecule has 0 heterocycles. The molecule has 1 aromatic rings. The molecular formula is C16H19BrN2OS. The number of carbonyl (C=O) groups is 1. The van der Waals surface area contributed by atoms with Crippen LogP contribution in [0, 0.1) is 17.2 Å². The van der Waals surface area contributed by atoms with Gasteiger partial charge in [0.15, 0.2) is 5.92 Å². The number of benzene rings is 1. The minimum atomic E-state index is -0.751. The van der Waals surface area contributed by atoms with Gasteiger partial charge in [0, 0.05) is 10.2 Å². The van der Waals surface area contributed by atoms with Crippen molar-refractivity contribution in [1.82, 2.24) is 0 Å². The van der Waals surface area contributed by atoms with Gasteiger partial charge in [-0.3, -0.25) is 9.79 Å². The van der Waals surface area contributed by atoms with Crippen molar-refractivity contribution in [3.05, 3.63) is 34.3 Å². The highest BCUT2D eigenvalue weighted by atomic mass is 79.9. The predicted molar refractivity (Wildman–Crippen MR) is 92.5 cm³/mol. The Morgan fingerprint density at radius 3 is 2.48 bits per heavy atom. The standard InChI is InChI=1S/C16H19BrN2OS/c1-4-15(12-6-8-13(17)9-7-12)19-11(3)14(10-18)16(20)21-5-2/h6-9,14-15H,4-5H2,1-3H3. The summed E-state index contributed by atoms with van der Waals surface area (Å²) >= 11 is 4.59. The molecule has 0 spiro atoms. The third kappa shape index (κ3) is 5.29. The highest BCUT2D eigenvalue weighted by Crippen LogP contribution is 2.24. The second-order valence-electron chi connectivity index (χ2n) is 4.56. The second-order valence-corrected chi connectivity index (χ2v) is 6.74. The topological polar surface area (TPSA) is 53.2 Å². The first kappa shape index (κ1) is 17.9. The number of hydrogen-bond donors (Lipinski definition) is 0. The van der Waals surface area contributed by atoms with Crippen molar-refractivity contribution in [2.75, 3.05) is 5.75 Å². The van der Waals surface area contributed by atoms with Gasteiger partial charge in [0.1, 0.15) is 0 Å². The molecule has 0 aliphatic rings. The fraction of sp³-hybridized carbons (Fsp3) is 0.438. The first-order valence-corrected chi connectivity index (χ1v) is 8.67. The number of nitriles is 1. The van der Waals surface area contributed by atoms with Crippen LogP contribution in [-0.2, 0) is 4.79 Å². The zero-order chi connectivity index (χ0) is 15.8. The van der Waals surface area contributed by atoms with Crippen LogP contribution in [0.2, 0.25) is 0 Å². The van der Waals surface area contributed by atoms with E-state index in [1.54, 1.807) is 6.92 Å². The molecule has 2 atom stereocenters. The van der Waals surface area contributed by atoms with E-state index >= 15 is 0 Å². The molecule has 2 unspecified atom stereocenters. The van der Waals surface area contributed by atoms with Crippen LogP contribution in [0.5, 0.6) is 0 Å². The van der Waals surface area contributed by atoms with Crippen LogP contribution in [0.3, 0.4) is 0 Å². The normalized spacial score (nSPS) is 14.3. The highest BCUT2D eigenvalue weighted by Gasteiger charge is 2.22. The van der Waals surface area contributed by atoms with Crippen molar-refractivity contribution in [3.63, 3.8) is 0 Å². The Labute approximate surface area is 139 Å². The molecule has 0 aliphatic heterocycles. The minimum Gasteiger partial charge on any atom is -0.285 e. The largest absolute Gasteiger partial charge is 0.285 e. The maximum atomic E-state index is 11.9. The summed E-state index contributed by atoms with van der Waals surface area (Å²) in [6.45, 7) is 5.72. The summed E-state index contributed by atoms with van der Waals surface area (Å²) in [5.41, 5.74) is 1.69. The molecular weight excluding hydrogens is 348 g/mol. The maximum absolute atomic E-state index is 11.9. The van der Waals surface area contributed by atoms with Gasteiger partial charge in [0.2, 0.25) is 5.12 Å². The molecule has 0 saturated heterocycles. The minimum absolute atomic E-state index is 0.0200. The van der Waals surface area contributed by atoms with Gasteiger partial charge in [-0.25, -0.2) is 0 Å². The van der Waals surface area contributed by atoms with Gasteiger partial charge in [-0.05, 0) is 36.8 Å². The van der Waals surface area contributed by atoms with Gasteiger partial charge in [-0.1, -0.05) is 53.7 Å². The third-order valence-corrected chi connectivity index (χ3v) is 4.41. The monoisotopic (exact) mass is 366 g/mol. The quantitative estimate of drug-likeness (QED) is 0.680. The second kappa shape index (κ2) is 9.01. The lowest BCUT2D eigenvalue weighted by Gasteiger charge is -2.14. The van der Waals surface area contributed by atoms with E-state index in [1.807, 2.05) is 38.1 Å². The van der Waals surface area contributed by atoms with Crippen LogP contribution < -0.4 is 0 Å². The molecule has 0 N–H and O–H groups in total. The number of rotatable bonds is 6. The first-order valence-electron chi connectivity index (χ1n) is 6.89. The van der Waals surface area contributed by atoms with Crippen molar-refractivity contribution in [3.8, 4) is 6.07 Å². The van der Waals surface area contributed by atoms with E-state index < -0.39 is 5.92 Å². The first-order chi connectivity index (χ1) is 10.0. The molecule has 0 fully saturated rings. The average Bonchev–Trinajstić information content (AvgIpc) is 2.47. The van der Waals surface area contributed by atoms with Crippen LogP contribution in [-0.4, -0.2) is 16.6 Å². The van der Waals surface area contributed by atoms with Gasteiger partial charge in [0.25, 0.3) is 0 Å². The fourth-order valence-corrected chi connectivity index (χ4v) is 2.89. The molecule has 0 saturated carbocycles. The Morgan fingerprint density at radius 1 is 1.38 bits per heavy atom. The Kier molecular flexibility index (Phi) is 7.69. The lowest BCUT2D eigenvalue weighted by Crippen LogP contribution is -2.19. The number of aliphatic imine (C=N–C) groups is 1. The molecule has 0 bridgehead atoms. The van der Waals surface area contributed by atoms with E-state index in [0.717, 1.165) is 16.5 Å². The smallest absolute Gasteiger partial charge is 0.211 e. The van der Waals surface area contributed by atoms with E-state index in [1.165, 1.54) is 11.8 Å². The lowest BCUT2D eigenvalue weighted by atomic mass is 10.0. The summed E-state index contributed by atoms with van der Waals surface area (Å²) in [6.07, 6.45) is 0.826. The average molecular weight is 367 g/mol. The van der Waals surface area contributed by atoms with Crippen LogP contribution in [0.1, 0.15) is 38.8 Å². The van der Waals surface area contributed by atoms with Gasteiger partial charge in [-0.15, -0.1) is 0 Å². The van der Waals surface area contributed by atoms with Crippen molar-refractivity contribution in [1.29, 1.82) is 5.26 Å².